The summed E-state index contributed by atoms with van der Waals surface area (Å²) in [5, 5.41) is 18.2. The van der Waals surface area contributed by atoms with Gasteiger partial charge in [0.2, 0.25) is 0 Å². The maximum Gasteiger partial charge on any atom is 0.267 e. The first-order valence-electron chi connectivity index (χ1n) is 3.31. The zero-order valence-corrected chi connectivity index (χ0v) is 5.71. The molecule has 0 bridgehead atoms. The Bertz CT molecular complexity index is 56.3. The Hall–Kier alpha value is -0.120. The molecule has 1 atom stereocenters. The quantitative estimate of drug-likeness (QED) is 0.184. The molecular formula is C6H14O3. The van der Waals surface area contributed by atoms with E-state index < -0.39 is 6.29 Å². The van der Waals surface area contributed by atoms with E-state index in [1.165, 1.54) is 0 Å². The number of unbranched alkanes of at least 4 members (excludes halogenated alkanes) is 2. The van der Waals surface area contributed by atoms with E-state index in [-0.39, 0.29) is 0 Å². The first kappa shape index (κ1) is 8.88. The highest BCUT2D eigenvalue weighted by Gasteiger charge is 2.01. The molecule has 0 amide bonds. The number of hydrogen-bond acceptors (Lipinski definition) is 2. The fourth-order valence-electron chi connectivity index (χ4n) is 0.630. The molecule has 0 rings (SSSR count). The van der Waals surface area contributed by atoms with Crippen LogP contribution in [0.5, 0.6) is 0 Å². The van der Waals surface area contributed by atoms with Gasteiger partial charge in [0, 0.05) is 6.42 Å². The molecule has 0 aromatic carbocycles. The fraction of sp³-hybridized carbons (Fsp3) is 1.00. The van der Waals surface area contributed by atoms with Crippen LogP contribution in [-0.2, 0) is 0 Å². The van der Waals surface area contributed by atoms with Crippen LogP contribution >= 0.6 is 0 Å². The van der Waals surface area contributed by atoms with Gasteiger partial charge in [-0.3, -0.25) is 0 Å². The van der Waals surface area contributed by atoms with Crippen molar-refractivity contribution in [2.45, 2.75) is 38.9 Å². The van der Waals surface area contributed by atoms with E-state index in [1.807, 2.05) is 0 Å². The van der Waals surface area contributed by atoms with Crippen LogP contribution in [0.2, 0.25) is 0 Å². The summed E-state index contributed by atoms with van der Waals surface area (Å²) in [5.74, 6) is 0. The molecule has 0 aliphatic heterocycles. The molecule has 2 N–H and O–H groups in total. The highest BCUT2D eigenvalue weighted by atomic mass is 17.1. The van der Waals surface area contributed by atoms with Crippen LogP contribution in [-0.4, -0.2) is 16.3 Å². The van der Waals surface area contributed by atoms with Gasteiger partial charge in [-0.2, -0.15) is 0 Å². The first-order valence-corrected chi connectivity index (χ1v) is 3.31. The van der Waals surface area contributed by atoms with E-state index in [0.717, 1.165) is 19.3 Å². The lowest BCUT2D eigenvalue weighted by Crippen LogP contribution is -2.25. The van der Waals surface area contributed by atoms with Gasteiger partial charge in [0.25, 0.3) is 6.29 Å². The Morgan fingerprint density at radius 3 is 2.67 bits per heavy atom. The maximum absolute atomic E-state index is 9.60. The zero-order chi connectivity index (χ0) is 7.11. The molecule has 0 aromatic heterocycles. The molecule has 0 aliphatic carbocycles. The molecule has 0 fully saturated rings. The molecule has 9 heavy (non-hydrogen) atoms. The van der Waals surface area contributed by atoms with Crippen molar-refractivity contribution in [1.29, 1.82) is 0 Å². The summed E-state index contributed by atoms with van der Waals surface area (Å²) < 4.78 is 0. The second-order valence-electron chi connectivity index (χ2n) is 2.08. The molecule has 0 saturated heterocycles. The summed E-state index contributed by atoms with van der Waals surface area (Å²) in [6.45, 7) is 2.07. The van der Waals surface area contributed by atoms with Crippen molar-refractivity contribution in [2.24, 2.45) is 0 Å². The summed E-state index contributed by atoms with van der Waals surface area (Å²) >= 11 is 0. The average Bonchev–Trinajstić information content (AvgIpc) is 1.89. The van der Waals surface area contributed by atoms with Gasteiger partial charge in [0.15, 0.2) is 0 Å². The molecule has 3 nitrogen and oxygen atoms in total. The molecule has 56 valence electrons. The summed E-state index contributed by atoms with van der Waals surface area (Å²) in [6.07, 6.45) is 2.59. The zero-order valence-electron chi connectivity index (χ0n) is 5.71. The Labute approximate surface area is 55.2 Å². The van der Waals surface area contributed by atoms with Crippen LogP contribution in [0.15, 0.2) is 0 Å². The van der Waals surface area contributed by atoms with Gasteiger partial charge in [0.1, 0.15) is 0 Å². The van der Waals surface area contributed by atoms with E-state index >= 15 is 0 Å². The van der Waals surface area contributed by atoms with Crippen LogP contribution < -0.4 is 5.26 Å². The minimum absolute atomic E-state index is 0.511. The third-order valence-corrected chi connectivity index (χ3v) is 1.19. The van der Waals surface area contributed by atoms with Gasteiger partial charge < -0.3 is 15.3 Å². The topological polar surface area (TPSA) is 56.1 Å². The van der Waals surface area contributed by atoms with E-state index in [4.69, 9.17) is 5.11 Å². The smallest absolute Gasteiger partial charge is 0.267 e. The molecule has 0 radical (unpaired) electrons. The second kappa shape index (κ2) is 6.01. The highest BCUT2D eigenvalue weighted by Crippen LogP contribution is 2.00. The number of aliphatic hydroxyl groups excluding tert-OH is 1. The summed E-state index contributed by atoms with van der Waals surface area (Å²) in [4.78, 5) is 2.47. The average molecular weight is 134 g/mol. The molecule has 0 aliphatic rings. The van der Waals surface area contributed by atoms with Gasteiger partial charge in [-0.05, 0) is 6.42 Å². The Balaban J connectivity index is 2.88. The summed E-state index contributed by atoms with van der Waals surface area (Å²) in [7, 11) is 0. The van der Waals surface area contributed by atoms with Crippen LogP contribution in [0.4, 0.5) is 0 Å². The van der Waals surface area contributed by atoms with Crippen molar-refractivity contribution in [3.8, 4) is 0 Å². The van der Waals surface area contributed by atoms with Crippen LogP contribution in [0.1, 0.15) is 32.6 Å². The summed E-state index contributed by atoms with van der Waals surface area (Å²) in [6, 6.07) is 0. The Morgan fingerprint density at radius 2 is 2.22 bits per heavy atom. The molecule has 0 aromatic rings. The van der Waals surface area contributed by atoms with E-state index in [0.29, 0.717) is 6.42 Å². The molecule has 0 spiro atoms. The van der Waals surface area contributed by atoms with Crippen molar-refractivity contribution in [3.05, 3.63) is 0 Å². The van der Waals surface area contributed by atoms with Gasteiger partial charge in [-0.15, -0.1) is 0 Å². The Kier molecular flexibility index (Phi) is 5.93. The predicted molar refractivity (Wildman–Crippen MR) is 32.4 cm³/mol. The van der Waals surface area contributed by atoms with Crippen molar-refractivity contribution < 1.29 is 15.3 Å². The molecule has 3 heteroatoms. The van der Waals surface area contributed by atoms with Crippen LogP contribution in [0.25, 0.3) is 0 Å². The Morgan fingerprint density at radius 1 is 1.56 bits per heavy atom. The van der Waals surface area contributed by atoms with Crippen LogP contribution in [0, 0.1) is 0 Å². The van der Waals surface area contributed by atoms with Gasteiger partial charge >= 0.3 is 0 Å². The highest BCUT2D eigenvalue weighted by molar-refractivity contribution is 4.40. The second-order valence-corrected chi connectivity index (χ2v) is 2.08. The standard InChI is InChI=1S/C6H14O3/c1-2-3-4-5-6(7)9-8/h6-7,9H,2-5H2,1H3. The normalized spacial score (nSPS) is 13.7. The van der Waals surface area contributed by atoms with Crippen molar-refractivity contribution in [1.82, 2.24) is 0 Å². The minimum atomic E-state index is -0.975. The van der Waals surface area contributed by atoms with E-state index in [9.17, 15) is 5.26 Å². The third kappa shape index (κ3) is 5.76. The van der Waals surface area contributed by atoms with Crippen molar-refractivity contribution in [2.75, 3.05) is 0 Å². The molecule has 1 unspecified atom stereocenters. The lowest BCUT2D eigenvalue weighted by Gasteiger charge is -2.06. The predicted octanol–water partition coefficient (Wildman–Crippen LogP) is -0.312. The molecule has 0 heterocycles. The van der Waals surface area contributed by atoms with E-state index in [2.05, 4.69) is 11.8 Å². The minimum Gasteiger partial charge on any atom is -0.533 e. The lowest BCUT2D eigenvalue weighted by atomic mass is 10.2. The maximum atomic E-state index is 9.60. The third-order valence-electron chi connectivity index (χ3n) is 1.19. The number of hydrogen-bond donors (Lipinski definition) is 1. The van der Waals surface area contributed by atoms with Crippen molar-refractivity contribution >= 4 is 0 Å². The monoisotopic (exact) mass is 134 g/mol. The van der Waals surface area contributed by atoms with Crippen molar-refractivity contribution in [3.63, 3.8) is 0 Å². The van der Waals surface area contributed by atoms with Crippen LogP contribution in [0.3, 0.4) is 0 Å². The van der Waals surface area contributed by atoms with E-state index in [1.54, 1.807) is 0 Å². The number of rotatable bonds is 5. The SMILES string of the molecule is CCCCCC(O)[OH+][O-]. The first-order chi connectivity index (χ1) is 4.31. The van der Waals surface area contributed by atoms with Gasteiger partial charge in [0.05, 0.1) is 0 Å². The molecular weight excluding hydrogens is 120 g/mol. The van der Waals surface area contributed by atoms with Gasteiger partial charge in [-0.1, -0.05) is 19.8 Å². The molecule has 0 saturated carbocycles. The lowest BCUT2D eigenvalue weighted by molar-refractivity contribution is -0.805. The van der Waals surface area contributed by atoms with Gasteiger partial charge in [-0.25, -0.2) is 0 Å². The largest absolute Gasteiger partial charge is 0.533 e. The fourth-order valence-corrected chi connectivity index (χ4v) is 0.630. The number of aliphatic hydroxyl groups is 2. The summed E-state index contributed by atoms with van der Waals surface area (Å²) in [5.41, 5.74) is 0.